The Bertz CT molecular complexity index is 819. The third-order valence-electron chi connectivity index (χ3n) is 2.86. The van der Waals surface area contributed by atoms with Gasteiger partial charge in [0.2, 0.25) is 0 Å². The number of benzene rings is 2. The molecule has 0 fully saturated rings. The lowest BCUT2D eigenvalue weighted by molar-refractivity contribution is 0.601. The molecular weight excluding hydrogens is 354 g/mol. The topological polar surface area (TPSA) is 96.0 Å². The molecule has 0 aliphatic rings. The highest BCUT2D eigenvalue weighted by atomic mass is 79.9. The van der Waals surface area contributed by atoms with Gasteiger partial charge in [-0.3, -0.25) is 4.72 Å². The van der Waals surface area contributed by atoms with Crippen LogP contribution in [0.25, 0.3) is 0 Å². The predicted molar refractivity (Wildman–Crippen MR) is 85.3 cm³/mol. The van der Waals surface area contributed by atoms with Crippen LogP contribution in [-0.4, -0.2) is 8.42 Å². The number of nitriles is 1. The van der Waals surface area contributed by atoms with Gasteiger partial charge in [0.15, 0.2) is 0 Å². The number of nitrogen functional groups attached to an aromatic ring is 1. The number of aryl methyl sites for hydroxylation is 1. The highest BCUT2D eigenvalue weighted by molar-refractivity contribution is 9.10. The molecule has 108 valence electrons. The Morgan fingerprint density at radius 1 is 1.29 bits per heavy atom. The summed E-state index contributed by atoms with van der Waals surface area (Å²) in [5.41, 5.74) is 7.23. The van der Waals surface area contributed by atoms with E-state index in [0.717, 1.165) is 4.47 Å². The average Bonchev–Trinajstić information content (AvgIpc) is 2.43. The van der Waals surface area contributed by atoms with Crippen molar-refractivity contribution in [2.24, 2.45) is 0 Å². The summed E-state index contributed by atoms with van der Waals surface area (Å²) in [7, 11) is -3.88. The Hall–Kier alpha value is -2.04. The molecule has 0 radical (unpaired) electrons. The summed E-state index contributed by atoms with van der Waals surface area (Å²) in [4.78, 5) is -0.0748. The van der Waals surface area contributed by atoms with E-state index in [4.69, 9.17) is 11.0 Å². The van der Waals surface area contributed by atoms with Crippen molar-refractivity contribution < 1.29 is 8.42 Å². The second kappa shape index (κ2) is 5.76. The highest BCUT2D eigenvalue weighted by Gasteiger charge is 2.20. The predicted octanol–water partition coefficient (Wildman–Crippen LogP) is 3.01. The maximum Gasteiger partial charge on any atom is 0.263 e. The fourth-order valence-corrected chi connectivity index (χ4v) is 3.80. The first-order valence-corrected chi connectivity index (χ1v) is 8.20. The van der Waals surface area contributed by atoms with Gasteiger partial charge in [-0.2, -0.15) is 5.26 Å². The highest BCUT2D eigenvalue weighted by Crippen LogP contribution is 2.30. The first-order valence-electron chi connectivity index (χ1n) is 5.92. The summed E-state index contributed by atoms with van der Waals surface area (Å²) in [5, 5.41) is 9.02. The van der Waals surface area contributed by atoms with Crippen molar-refractivity contribution in [2.75, 3.05) is 10.5 Å². The molecule has 0 saturated carbocycles. The lowest BCUT2D eigenvalue weighted by Crippen LogP contribution is -2.16. The summed E-state index contributed by atoms with van der Waals surface area (Å²) in [6.07, 6.45) is 0. The number of anilines is 2. The summed E-state index contributed by atoms with van der Waals surface area (Å²) >= 11 is 3.29. The summed E-state index contributed by atoms with van der Waals surface area (Å²) < 4.78 is 28.1. The molecule has 3 N–H and O–H groups in total. The molecule has 5 nitrogen and oxygen atoms in total. The van der Waals surface area contributed by atoms with Gasteiger partial charge in [-0.05, 0) is 36.8 Å². The van der Waals surface area contributed by atoms with Crippen molar-refractivity contribution >= 4 is 37.3 Å². The van der Waals surface area contributed by atoms with E-state index in [1.165, 1.54) is 12.1 Å². The molecule has 0 aliphatic heterocycles. The van der Waals surface area contributed by atoms with Crippen LogP contribution in [-0.2, 0) is 10.0 Å². The number of nitrogens with two attached hydrogens (primary N) is 1. The lowest BCUT2D eigenvalue weighted by atomic mass is 10.2. The number of hydrogen-bond acceptors (Lipinski definition) is 4. The largest absolute Gasteiger partial charge is 0.397 e. The van der Waals surface area contributed by atoms with Crippen LogP contribution in [0.15, 0.2) is 45.8 Å². The standard InChI is InChI=1S/C14H12BrN3O2S/c1-9-6-11(15)7-12(17)14(9)18-21(19,20)13-5-3-2-4-10(13)8-16/h2-7,18H,17H2,1H3. The zero-order chi connectivity index (χ0) is 15.6. The maximum absolute atomic E-state index is 12.4. The Morgan fingerprint density at radius 3 is 2.57 bits per heavy atom. The van der Waals surface area contributed by atoms with Gasteiger partial charge in [-0.1, -0.05) is 28.1 Å². The third-order valence-corrected chi connectivity index (χ3v) is 4.73. The second-order valence-electron chi connectivity index (χ2n) is 4.40. The molecule has 2 aromatic rings. The van der Waals surface area contributed by atoms with Gasteiger partial charge in [-0.25, -0.2) is 8.42 Å². The Kier molecular flexibility index (Phi) is 4.21. The van der Waals surface area contributed by atoms with E-state index in [-0.39, 0.29) is 10.5 Å². The SMILES string of the molecule is Cc1cc(Br)cc(N)c1NS(=O)(=O)c1ccccc1C#N. The van der Waals surface area contributed by atoms with Crippen LogP contribution in [0, 0.1) is 18.3 Å². The molecule has 0 aliphatic carbocycles. The minimum Gasteiger partial charge on any atom is -0.397 e. The van der Waals surface area contributed by atoms with E-state index in [1.807, 2.05) is 6.07 Å². The molecule has 0 spiro atoms. The first-order chi connectivity index (χ1) is 9.85. The Morgan fingerprint density at radius 2 is 1.95 bits per heavy atom. The first kappa shape index (κ1) is 15.4. The monoisotopic (exact) mass is 365 g/mol. The maximum atomic E-state index is 12.4. The van der Waals surface area contributed by atoms with Crippen LogP contribution in [0.5, 0.6) is 0 Å². The Labute approximate surface area is 131 Å². The smallest absolute Gasteiger partial charge is 0.263 e. The van der Waals surface area contributed by atoms with E-state index in [9.17, 15) is 8.42 Å². The molecule has 0 aromatic heterocycles. The van der Waals surface area contributed by atoms with Crippen molar-refractivity contribution in [3.8, 4) is 6.07 Å². The number of nitrogens with zero attached hydrogens (tertiary/aromatic N) is 1. The molecule has 0 amide bonds. The molecule has 0 unspecified atom stereocenters. The zero-order valence-electron chi connectivity index (χ0n) is 11.1. The minimum atomic E-state index is -3.88. The van der Waals surface area contributed by atoms with Gasteiger partial charge in [-0.15, -0.1) is 0 Å². The van der Waals surface area contributed by atoms with Gasteiger partial charge >= 0.3 is 0 Å². The molecule has 0 heterocycles. The van der Waals surface area contributed by atoms with E-state index < -0.39 is 10.0 Å². The minimum absolute atomic E-state index is 0.0748. The average molecular weight is 366 g/mol. The number of sulfonamides is 1. The fraction of sp³-hybridized carbons (Fsp3) is 0.0714. The van der Waals surface area contributed by atoms with E-state index >= 15 is 0 Å². The van der Waals surface area contributed by atoms with Gasteiger partial charge in [0, 0.05) is 4.47 Å². The van der Waals surface area contributed by atoms with E-state index in [1.54, 1.807) is 31.2 Å². The van der Waals surface area contributed by atoms with Crippen molar-refractivity contribution in [1.82, 2.24) is 0 Å². The Balaban J connectivity index is 2.51. The van der Waals surface area contributed by atoms with Crippen LogP contribution >= 0.6 is 15.9 Å². The molecule has 21 heavy (non-hydrogen) atoms. The fourth-order valence-electron chi connectivity index (χ4n) is 1.89. The van der Waals surface area contributed by atoms with Crippen LogP contribution in [0.3, 0.4) is 0 Å². The van der Waals surface area contributed by atoms with Gasteiger partial charge in [0.1, 0.15) is 11.0 Å². The van der Waals surface area contributed by atoms with Crippen molar-refractivity contribution in [3.63, 3.8) is 0 Å². The summed E-state index contributed by atoms with van der Waals surface area (Å²) in [6, 6.07) is 11.2. The van der Waals surface area contributed by atoms with Crippen LogP contribution in [0.1, 0.15) is 11.1 Å². The zero-order valence-corrected chi connectivity index (χ0v) is 13.5. The van der Waals surface area contributed by atoms with Crippen molar-refractivity contribution in [3.05, 3.63) is 52.0 Å². The summed E-state index contributed by atoms with van der Waals surface area (Å²) in [5.74, 6) is 0. The molecule has 0 saturated heterocycles. The van der Waals surface area contributed by atoms with Crippen molar-refractivity contribution in [1.29, 1.82) is 5.26 Å². The van der Waals surface area contributed by atoms with Crippen LogP contribution in [0.4, 0.5) is 11.4 Å². The molecule has 2 rings (SSSR count). The van der Waals surface area contributed by atoms with Gasteiger partial charge < -0.3 is 5.73 Å². The van der Waals surface area contributed by atoms with E-state index in [2.05, 4.69) is 20.7 Å². The van der Waals surface area contributed by atoms with E-state index in [0.29, 0.717) is 16.9 Å². The number of rotatable bonds is 3. The second-order valence-corrected chi connectivity index (χ2v) is 6.97. The van der Waals surface area contributed by atoms with Gasteiger partial charge in [0.05, 0.1) is 16.9 Å². The lowest BCUT2D eigenvalue weighted by Gasteiger charge is -2.14. The molecule has 0 bridgehead atoms. The van der Waals surface area contributed by atoms with Crippen LogP contribution in [0.2, 0.25) is 0 Å². The number of halogens is 1. The van der Waals surface area contributed by atoms with Crippen molar-refractivity contribution in [2.45, 2.75) is 11.8 Å². The molecule has 2 aromatic carbocycles. The van der Waals surface area contributed by atoms with Crippen LogP contribution < -0.4 is 10.5 Å². The normalized spacial score (nSPS) is 10.9. The number of hydrogen-bond donors (Lipinski definition) is 2. The van der Waals surface area contributed by atoms with Gasteiger partial charge in [0.25, 0.3) is 10.0 Å². The molecular formula is C14H12BrN3O2S. The molecule has 0 atom stereocenters. The summed E-state index contributed by atoms with van der Waals surface area (Å²) in [6.45, 7) is 1.75. The quantitative estimate of drug-likeness (QED) is 0.817. The molecule has 7 heteroatoms. The number of nitrogens with one attached hydrogen (secondary N) is 1. The third kappa shape index (κ3) is 3.17.